The lowest BCUT2D eigenvalue weighted by Gasteiger charge is -2.03. The Kier molecular flexibility index (Phi) is 3.31. The van der Waals surface area contributed by atoms with E-state index in [1.54, 1.807) is 6.92 Å². The number of aryl methyl sites for hydroxylation is 1. The Bertz CT molecular complexity index is 459. The van der Waals surface area contributed by atoms with E-state index in [-0.39, 0.29) is 11.8 Å². The van der Waals surface area contributed by atoms with E-state index in [9.17, 15) is 9.59 Å². The van der Waals surface area contributed by atoms with Crippen LogP contribution in [-0.4, -0.2) is 23.3 Å². The van der Waals surface area contributed by atoms with Crippen molar-refractivity contribution >= 4 is 11.8 Å². The summed E-state index contributed by atoms with van der Waals surface area (Å²) in [6.45, 7) is 3.96. The van der Waals surface area contributed by atoms with Gasteiger partial charge < -0.3 is 9.72 Å². The van der Waals surface area contributed by atoms with Crippen LogP contribution in [0.1, 0.15) is 58.3 Å². The molecule has 2 rings (SSSR count). The smallest absolute Gasteiger partial charge is 0.355 e. The molecule has 1 aromatic heterocycles. The summed E-state index contributed by atoms with van der Waals surface area (Å²) < 4.78 is 5.00. The van der Waals surface area contributed by atoms with Crippen LogP contribution < -0.4 is 0 Å². The predicted octanol–water partition coefficient (Wildman–Crippen LogP) is 2.41. The minimum absolute atomic E-state index is 0.141. The molecular weight excluding hydrogens is 218 g/mol. The van der Waals surface area contributed by atoms with Gasteiger partial charge in [0.25, 0.3) is 0 Å². The van der Waals surface area contributed by atoms with Gasteiger partial charge in [-0.05, 0) is 38.7 Å². The number of fused-ring (bicyclic) bond motifs is 1. The van der Waals surface area contributed by atoms with Crippen LogP contribution in [0, 0.1) is 6.92 Å². The summed E-state index contributed by atoms with van der Waals surface area (Å²) in [6.07, 6.45) is 3.20. The molecule has 0 aliphatic heterocycles. The highest BCUT2D eigenvalue weighted by Gasteiger charge is 2.26. The summed E-state index contributed by atoms with van der Waals surface area (Å²) in [5.74, 6) is -0.214. The number of ether oxygens (including phenoxy) is 1. The van der Waals surface area contributed by atoms with Crippen molar-refractivity contribution in [1.82, 2.24) is 4.98 Å². The second-order valence-electron chi connectivity index (χ2n) is 4.33. The third-order valence-corrected chi connectivity index (χ3v) is 3.13. The first-order valence-corrected chi connectivity index (χ1v) is 6.07. The van der Waals surface area contributed by atoms with Crippen LogP contribution in [0.25, 0.3) is 0 Å². The summed E-state index contributed by atoms with van der Waals surface area (Å²) in [4.78, 5) is 26.7. The number of carbonyl (C=O) groups excluding carboxylic acids is 2. The van der Waals surface area contributed by atoms with E-state index in [2.05, 4.69) is 4.98 Å². The van der Waals surface area contributed by atoms with Gasteiger partial charge in [0.1, 0.15) is 5.69 Å². The lowest BCUT2D eigenvalue weighted by atomic mass is 10.0. The van der Waals surface area contributed by atoms with Crippen molar-refractivity contribution < 1.29 is 14.3 Å². The average molecular weight is 235 g/mol. The van der Waals surface area contributed by atoms with Crippen LogP contribution in [0.2, 0.25) is 0 Å². The first kappa shape index (κ1) is 11.9. The Labute approximate surface area is 100 Å². The Morgan fingerprint density at radius 1 is 1.35 bits per heavy atom. The van der Waals surface area contributed by atoms with Crippen molar-refractivity contribution in [2.75, 3.05) is 6.61 Å². The van der Waals surface area contributed by atoms with Crippen molar-refractivity contribution in [3.8, 4) is 0 Å². The summed E-state index contributed by atoms with van der Waals surface area (Å²) in [6, 6.07) is 0. The maximum Gasteiger partial charge on any atom is 0.355 e. The molecule has 1 aromatic rings. The van der Waals surface area contributed by atoms with Gasteiger partial charge in [0.15, 0.2) is 5.78 Å². The van der Waals surface area contributed by atoms with Crippen LogP contribution in [-0.2, 0) is 11.2 Å². The summed E-state index contributed by atoms with van der Waals surface area (Å²) in [5, 5.41) is 0. The molecule has 0 amide bonds. The van der Waals surface area contributed by atoms with Crippen molar-refractivity contribution in [3.05, 3.63) is 22.5 Å². The molecule has 1 aliphatic rings. The van der Waals surface area contributed by atoms with E-state index in [0.717, 1.165) is 30.5 Å². The molecule has 4 nitrogen and oxygen atoms in total. The van der Waals surface area contributed by atoms with Gasteiger partial charge in [-0.2, -0.15) is 0 Å². The monoisotopic (exact) mass is 235 g/mol. The molecule has 0 aromatic carbocycles. The van der Waals surface area contributed by atoms with Crippen LogP contribution in [0.5, 0.6) is 0 Å². The fourth-order valence-corrected chi connectivity index (χ4v) is 2.39. The Morgan fingerprint density at radius 3 is 2.76 bits per heavy atom. The Morgan fingerprint density at radius 2 is 2.06 bits per heavy atom. The number of aromatic nitrogens is 1. The number of carbonyl (C=O) groups is 2. The van der Waals surface area contributed by atoms with Gasteiger partial charge in [-0.25, -0.2) is 4.79 Å². The van der Waals surface area contributed by atoms with Gasteiger partial charge in [0.2, 0.25) is 0 Å². The second-order valence-corrected chi connectivity index (χ2v) is 4.33. The Hall–Kier alpha value is -1.58. The zero-order valence-corrected chi connectivity index (χ0v) is 10.3. The van der Waals surface area contributed by atoms with Crippen molar-refractivity contribution in [2.24, 2.45) is 0 Å². The number of esters is 1. The molecule has 1 heterocycles. The Balaban J connectivity index is 2.46. The first-order valence-electron chi connectivity index (χ1n) is 6.07. The predicted molar refractivity (Wildman–Crippen MR) is 63.4 cm³/mol. The topological polar surface area (TPSA) is 59.2 Å². The highest BCUT2D eigenvalue weighted by molar-refractivity contribution is 6.02. The summed E-state index contributed by atoms with van der Waals surface area (Å²) in [7, 11) is 0. The van der Waals surface area contributed by atoms with E-state index >= 15 is 0 Å². The minimum atomic E-state index is -0.355. The van der Waals surface area contributed by atoms with Crippen LogP contribution in [0.15, 0.2) is 0 Å². The average Bonchev–Trinajstić information content (AvgIpc) is 2.49. The van der Waals surface area contributed by atoms with Crippen LogP contribution in [0.3, 0.4) is 0 Å². The lowest BCUT2D eigenvalue weighted by Crippen LogP contribution is -2.08. The number of ketones is 1. The number of nitrogens with one attached hydrogen (secondary N) is 1. The number of hydrogen-bond acceptors (Lipinski definition) is 3. The van der Waals surface area contributed by atoms with Gasteiger partial charge in [-0.1, -0.05) is 0 Å². The second kappa shape index (κ2) is 4.73. The number of H-pyrrole nitrogens is 1. The normalized spacial score (nSPS) is 15.3. The van der Waals surface area contributed by atoms with E-state index in [0.29, 0.717) is 24.3 Å². The highest BCUT2D eigenvalue weighted by atomic mass is 16.5. The zero-order chi connectivity index (χ0) is 12.4. The maximum absolute atomic E-state index is 11.9. The molecule has 0 spiro atoms. The van der Waals surface area contributed by atoms with Gasteiger partial charge in [-0.15, -0.1) is 0 Å². The largest absolute Gasteiger partial charge is 0.461 e. The molecule has 0 saturated carbocycles. The summed E-state index contributed by atoms with van der Waals surface area (Å²) in [5.41, 5.74) is 2.82. The third kappa shape index (κ3) is 2.12. The minimum Gasteiger partial charge on any atom is -0.461 e. The van der Waals surface area contributed by atoms with Crippen molar-refractivity contribution in [2.45, 2.75) is 39.5 Å². The molecule has 0 atom stereocenters. The number of rotatable bonds is 2. The quantitative estimate of drug-likeness (QED) is 0.632. The molecule has 1 aliphatic carbocycles. The van der Waals surface area contributed by atoms with E-state index < -0.39 is 0 Å². The standard InChI is InChI=1S/C13H17NO3/c1-3-17-13(16)12-9-6-4-5-7-10(15)11(9)8(2)14-12/h14H,3-7H2,1-2H3. The molecule has 4 heteroatoms. The maximum atomic E-state index is 11.9. The number of aromatic amines is 1. The van der Waals surface area contributed by atoms with E-state index in [1.807, 2.05) is 6.92 Å². The molecule has 1 N–H and O–H groups in total. The van der Waals surface area contributed by atoms with Gasteiger partial charge >= 0.3 is 5.97 Å². The van der Waals surface area contributed by atoms with Gasteiger partial charge in [-0.3, -0.25) is 4.79 Å². The molecule has 0 unspecified atom stereocenters. The SMILES string of the molecule is CCOC(=O)c1[nH]c(C)c2c1CCCCC2=O. The lowest BCUT2D eigenvalue weighted by molar-refractivity contribution is 0.0518. The zero-order valence-electron chi connectivity index (χ0n) is 10.3. The molecule has 0 fully saturated rings. The fourth-order valence-electron chi connectivity index (χ4n) is 2.39. The molecule has 92 valence electrons. The molecule has 0 bridgehead atoms. The fraction of sp³-hybridized carbons (Fsp3) is 0.538. The molecule has 17 heavy (non-hydrogen) atoms. The molecule has 0 radical (unpaired) electrons. The summed E-state index contributed by atoms with van der Waals surface area (Å²) >= 11 is 0. The third-order valence-electron chi connectivity index (χ3n) is 3.13. The highest BCUT2D eigenvalue weighted by Crippen LogP contribution is 2.27. The molecular formula is C13H17NO3. The molecule has 0 saturated heterocycles. The van der Waals surface area contributed by atoms with E-state index in [1.165, 1.54) is 0 Å². The van der Waals surface area contributed by atoms with Crippen LogP contribution in [0.4, 0.5) is 0 Å². The first-order chi connectivity index (χ1) is 8.15. The number of Topliss-reactive ketones (excluding diaryl/α,β-unsaturated/α-hetero) is 1. The van der Waals surface area contributed by atoms with Crippen LogP contribution >= 0.6 is 0 Å². The van der Waals surface area contributed by atoms with Gasteiger partial charge in [0.05, 0.1) is 6.61 Å². The van der Waals surface area contributed by atoms with Crippen molar-refractivity contribution in [1.29, 1.82) is 0 Å². The van der Waals surface area contributed by atoms with E-state index in [4.69, 9.17) is 4.74 Å². The van der Waals surface area contributed by atoms with Gasteiger partial charge in [0, 0.05) is 17.7 Å². The van der Waals surface area contributed by atoms with Crippen molar-refractivity contribution in [3.63, 3.8) is 0 Å². The number of hydrogen-bond donors (Lipinski definition) is 1.